The molecule has 0 aliphatic heterocycles. The number of aromatic amines is 1. The number of carbonyl (C=O) groups is 1. The molecule has 1 amide bonds. The number of benzene rings is 1. The molecule has 2 aromatic heterocycles. The Hall–Kier alpha value is -2.70. The maximum atomic E-state index is 11.9. The molecule has 1 aromatic carbocycles. The number of carbonyl (C=O) groups excluding carboxylic acids is 1. The zero-order chi connectivity index (χ0) is 14.7. The predicted molar refractivity (Wildman–Crippen MR) is 78.7 cm³/mol. The Bertz CT molecular complexity index is 760. The average molecular weight is 284 g/mol. The third kappa shape index (κ3) is 2.91. The van der Waals surface area contributed by atoms with Crippen molar-refractivity contribution < 1.29 is 4.79 Å². The number of nitrogens with zero attached hydrogens (tertiary/aromatic N) is 4. The molecule has 21 heavy (non-hydrogen) atoms. The molecule has 0 aliphatic carbocycles. The van der Waals surface area contributed by atoms with Crippen LogP contribution in [0.15, 0.2) is 30.5 Å². The third-order valence-electron chi connectivity index (χ3n) is 3.28. The van der Waals surface area contributed by atoms with Crippen LogP contribution < -0.4 is 5.32 Å². The van der Waals surface area contributed by atoms with Gasteiger partial charge in [-0.05, 0) is 30.2 Å². The molecule has 0 saturated heterocycles. The van der Waals surface area contributed by atoms with Crippen LogP contribution in [0.3, 0.4) is 0 Å². The van der Waals surface area contributed by atoms with Crippen LogP contribution in [0.2, 0.25) is 0 Å². The molecule has 3 rings (SSSR count). The first-order valence-electron chi connectivity index (χ1n) is 6.89. The fourth-order valence-corrected chi connectivity index (χ4v) is 2.20. The van der Waals surface area contributed by atoms with Gasteiger partial charge in [0.1, 0.15) is 0 Å². The minimum absolute atomic E-state index is 0.115. The van der Waals surface area contributed by atoms with Crippen molar-refractivity contribution in [3.63, 3.8) is 0 Å². The maximum absolute atomic E-state index is 11.9. The lowest BCUT2D eigenvalue weighted by atomic mass is 10.1. The first kappa shape index (κ1) is 13.3. The summed E-state index contributed by atoms with van der Waals surface area (Å²) in [5.41, 5.74) is 2.21. The quantitative estimate of drug-likeness (QED) is 0.747. The first-order valence-corrected chi connectivity index (χ1v) is 6.89. The molecule has 0 aliphatic rings. The van der Waals surface area contributed by atoms with Gasteiger partial charge in [-0.15, -0.1) is 5.10 Å². The number of para-hydroxylation sites is 1. The second-order valence-electron chi connectivity index (χ2n) is 4.71. The molecule has 0 spiro atoms. The van der Waals surface area contributed by atoms with Crippen molar-refractivity contribution >= 4 is 22.8 Å². The van der Waals surface area contributed by atoms with Crippen LogP contribution in [0, 0.1) is 0 Å². The summed E-state index contributed by atoms with van der Waals surface area (Å²) in [6.45, 7) is 2.53. The number of rotatable bonds is 5. The molecular formula is C14H16N6O. The van der Waals surface area contributed by atoms with E-state index in [9.17, 15) is 4.79 Å². The lowest BCUT2D eigenvalue weighted by molar-refractivity contribution is -0.116. The molecule has 0 atom stereocenters. The van der Waals surface area contributed by atoms with Gasteiger partial charge >= 0.3 is 0 Å². The Morgan fingerprint density at radius 3 is 3.05 bits per heavy atom. The summed E-state index contributed by atoms with van der Waals surface area (Å²) < 4.78 is 0. The number of nitrogens with one attached hydrogen (secondary N) is 2. The minimum Gasteiger partial charge on any atom is -0.361 e. The summed E-state index contributed by atoms with van der Waals surface area (Å²) >= 11 is 0. The maximum Gasteiger partial charge on any atom is 0.270 e. The highest BCUT2D eigenvalue weighted by Gasteiger charge is 2.09. The van der Waals surface area contributed by atoms with E-state index in [0.717, 1.165) is 16.5 Å². The van der Waals surface area contributed by atoms with Crippen LogP contribution in [0.5, 0.6) is 0 Å². The monoisotopic (exact) mass is 284 g/mol. The zero-order valence-electron chi connectivity index (χ0n) is 11.7. The SMILES string of the molecule is CCn1nnc(NC(=O)CCc2c[nH]c3ccccc23)n1. The van der Waals surface area contributed by atoms with E-state index in [0.29, 0.717) is 19.4 Å². The van der Waals surface area contributed by atoms with Crippen molar-refractivity contribution in [2.45, 2.75) is 26.3 Å². The molecular weight excluding hydrogens is 268 g/mol. The highest BCUT2D eigenvalue weighted by Crippen LogP contribution is 2.19. The van der Waals surface area contributed by atoms with E-state index in [1.54, 1.807) is 0 Å². The van der Waals surface area contributed by atoms with Gasteiger partial charge in [-0.25, -0.2) is 0 Å². The topological polar surface area (TPSA) is 88.5 Å². The van der Waals surface area contributed by atoms with Crippen molar-refractivity contribution in [3.05, 3.63) is 36.0 Å². The minimum atomic E-state index is -0.115. The number of aromatic nitrogens is 5. The summed E-state index contributed by atoms with van der Waals surface area (Å²) in [5.74, 6) is 0.136. The van der Waals surface area contributed by atoms with Crippen LogP contribution in [-0.4, -0.2) is 31.1 Å². The number of amides is 1. The van der Waals surface area contributed by atoms with Crippen LogP contribution in [0.4, 0.5) is 5.95 Å². The molecule has 2 heterocycles. The van der Waals surface area contributed by atoms with Gasteiger partial charge in [-0.2, -0.15) is 4.80 Å². The molecule has 108 valence electrons. The second-order valence-corrected chi connectivity index (χ2v) is 4.71. The molecule has 0 saturated carbocycles. The van der Waals surface area contributed by atoms with E-state index in [1.807, 2.05) is 37.4 Å². The van der Waals surface area contributed by atoms with E-state index in [2.05, 4.69) is 25.7 Å². The Balaban J connectivity index is 1.60. The second kappa shape index (κ2) is 5.74. The summed E-state index contributed by atoms with van der Waals surface area (Å²) in [7, 11) is 0. The first-order chi connectivity index (χ1) is 10.3. The lowest BCUT2D eigenvalue weighted by Crippen LogP contribution is -2.13. The van der Waals surface area contributed by atoms with Crippen molar-refractivity contribution in [2.75, 3.05) is 5.32 Å². The van der Waals surface area contributed by atoms with E-state index in [4.69, 9.17) is 0 Å². The number of aryl methyl sites for hydroxylation is 2. The molecule has 2 N–H and O–H groups in total. The molecule has 0 radical (unpaired) electrons. The van der Waals surface area contributed by atoms with Crippen LogP contribution in [0.1, 0.15) is 18.9 Å². The van der Waals surface area contributed by atoms with Crippen molar-refractivity contribution in [1.29, 1.82) is 0 Å². The molecule has 0 bridgehead atoms. The third-order valence-corrected chi connectivity index (χ3v) is 3.28. The fraction of sp³-hybridized carbons (Fsp3) is 0.286. The van der Waals surface area contributed by atoms with Gasteiger partial charge in [-0.3, -0.25) is 10.1 Å². The van der Waals surface area contributed by atoms with Gasteiger partial charge < -0.3 is 4.98 Å². The van der Waals surface area contributed by atoms with Gasteiger partial charge in [-0.1, -0.05) is 23.3 Å². The molecule has 3 aromatic rings. The number of anilines is 1. The summed E-state index contributed by atoms with van der Waals surface area (Å²) in [4.78, 5) is 16.5. The van der Waals surface area contributed by atoms with Gasteiger partial charge in [0.2, 0.25) is 5.91 Å². The normalized spacial score (nSPS) is 10.9. The zero-order valence-corrected chi connectivity index (χ0v) is 11.7. The standard InChI is InChI=1S/C14H16N6O/c1-2-20-18-14(17-19-20)16-13(21)8-7-10-9-15-12-6-4-3-5-11(10)12/h3-6,9,15H,2,7-8H2,1H3,(H,16,18,21). The highest BCUT2D eigenvalue weighted by molar-refractivity contribution is 5.90. The fourth-order valence-electron chi connectivity index (χ4n) is 2.20. The summed E-state index contributed by atoms with van der Waals surface area (Å²) in [5, 5.41) is 15.4. The van der Waals surface area contributed by atoms with E-state index < -0.39 is 0 Å². The summed E-state index contributed by atoms with van der Waals surface area (Å²) in [6.07, 6.45) is 2.99. The Morgan fingerprint density at radius 2 is 2.24 bits per heavy atom. The van der Waals surface area contributed by atoms with Crippen molar-refractivity contribution in [2.24, 2.45) is 0 Å². The number of fused-ring (bicyclic) bond motifs is 1. The van der Waals surface area contributed by atoms with Crippen LogP contribution in [0.25, 0.3) is 10.9 Å². The van der Waals surface area contributed by atoms with Crippen molar-refractivity contribution in [3.8, 4) is 0 Å². The summed E-state index contributed by atoms with van der Waals surface area (Å²) in [6, 6.07) is 8.05. The van der Waals surface area contributed by atoms with Gasteiger partial charge in [0.25, 0.3) is 5.95 Å². The van der Waals surface area contributed by atoms with E-state index >= 15 is 0 Å². The van der Waals surface area contributed by atoms with E-state index in [-0.39, 0.29) is 11.9 Å². The number of tetrazole rings is 1. The molecule has 7 nitrogen and oxygen atoms in total. The van der Waals surface area contributed by atoms with Crippen LogP contribution >= 0.6 is 0 Å². The predicted octanol–water partition coefficient (Wildman–Crippen LogP) is 1.75. The molecule has 0 fully saturated rings. The largest absolute Gasteiger partial charge is 0.361 e. The average Bonchev–Trinajstić information content (AvgIpc) is 3.11. The van der Waals surface area contributed by atoms with Crippen molar-refractivity contribution in [1.82, 2.24) is 25.2 Å². The van der Waals surface area contributed by atoms with Gasteiger partial charge in [0.15, 0.2) is 0 Å². The Morgan fingerprint density at radius 1 is 1.38 bits per heavy atom. The smallest absolute Gasteiger partial charge is 0.270 e. The number of H-pyrrole nitrogens is 1. The lowest BCUT2D eigenvalue weighted by Gasteiger charge is -2.00. The van der Waals surface area contributed by atoms with Crippen LogP contribution in [-0.2, 0) is 17.8 Å². The number of hydrogen-bond acceptors (Lipinski definition) is 4. The highest BCUT2D eigenvalue weighted by atomic mass is 16.1. The number of hydrogen-bond donors (Lipinski definition) is 2. The van der Waals surface area contributed by atoms with Gasteiger partial charge in [0.05, 0.1) is 6.54 Å². The molecule has 7 heteroatoms. The van der Waals surface area contributed by atoms with Gasteiger partial charge in [0, 0.05) is 23.5 Å². The Kier molecular flexibility index (Phi) is 3.63. The Labute approximate surface area is 121 Å². The van der Waals surface area contributed by atoms with E-state index in [1.165, 1.54) is 4.80 Å². The molecule has 0 unspecified atom stereocenters.